The molecule has 0 atom stereocenters. The number of carbonyl (C=O) groups excluding carboxylic acids is 1. The molecule has 0 saturated heterocycles. The highest BCUT2D eigenvalue weighted by molar-refractivity contribution is 6.33. The molecular formula is C17H15ClN3O2+. The van der Waals surface area contributed by atoms with Crippen LogP contribution in [0.15, 0.2) is 53.2 Å². The first-order chi connectivity index (χ1) is 11.2. The van der Waals surface area contributed by atoms with Crippen molar-refractivity contribution in [3.05, 3.63) is 70.7 Å². The van der Waals surface area contributed by atoms with Crippen molar-refractivity contribution in [1.29, 1.82) is 0 Å². The van der Waals surface area contributed by atoms with Crippen LogP contribution in [0, 0.1) is 6.92 Å². The quantitative estimate of drug-likeness (QED) is 0.800. The van der Waals surface area contributed by atoms with Crippen LogP contribution in [0.4, 0.5) is 0 Å². The molecule has 0 saturated carbocycles. The van der Waals surface area contributed by atoms with Crippen LogP contribution in [-0.2, 0) is 6.54 Å². The predicted octanol–water partition coefficient (Wildman–Crippen LogP) is 3.05. The summed E-state index contributed by atoms with van der Waals surface area (Å²) >= 11 is 6.20. The Kier molecular flexibility index (Phi) is 4.39. The Morgan fingerprint density at radius 2 is 2.04 bits per heavy atom. The van der Waals surface area contributed by atoms with E-state index in [1.54, 1.807) is 25.3 Å². The molecule has 2 N–H and O–H groups in total. The lowest BCUT2D eigenvalue weighted by Crippen LogP contribution is -2.27. The highest BCUT2D eigenvalue weighted by atomic mass is 35.5. The van der Waals surface area contributed by atoms with Crippen LogP contribution in [0.25, 0.3) is 11.3 Å². The molecule has 6 heteroatoms. The molecule has 23 heavy (non-hydrogen) atoms. The number of aryl methyl sites for hydroxylation is 1. The molecule has 0 unspecified atom stereocenters. The number of halogens is 1. The molecule has 1 aromatic carbocycles. The van der Waals surface area contributed by atoms with Crippen LogP contribution >= 0.6 is 11.6 Å². The van der Waals surface area contributed by atoms with E-state index in [1.165, 1.54) is 0 Å². The summed E-state index contributed by atoms with van der Waals surface area (Å²) in [6.07, 6.45) is 1.81. The summed E-state index contributed by atoms with van der Waals surface area (Å²) in [5, 5.41) is 7.37. The van der Waals surface area contributed by atoms with Crippen LogP contribution in [0.5, 0.6) is 0 Å². The Bertz CT molecular complexity index is 831. The zero-order valence-electron chi connectivity index (χ0n) is 12.5. The number of pyridine rings is 1. The molecule has 0 radical (unpaired) electrons. The monoisotopic (exact) mass is 328 g/mol. The predicted molar refractivity (Wildman–Crippen MR) is 85.9 cm³/mol. The molecule has 0 aliphatic rings. The van der Waals surface area contributed by atoms with Gasteiger partial charge in [-0.05, 0) is 13.0 Å². The summed E-state index contributed by atoms with van der Waals surface area (Å²) in [6.45, 7) is 2.09. The number of aromatic nitrogens is 2. The molecule has 3 aromatic rings. The van der Waals surface area contributed by atoms with Crippen LogP contribution in [0.3, 0.4) is 0 Å². The molecule has 2 aromatic heterocycles. The molecule has 0 aliphatic carbocycles. The maximum atomic E-state index is 12.5. The number of aromatic amines is 1. The van der Waals surface area contributed by atoms with E-state index < -0.39 is 0 Å². The third kappa shape index (κ3) is 3.24. The zero-order chi connectivity index (χ0) is 16.2. The van der Waals surface area contributed by atoms with E-state index >= 15 is 0 Å². The van der Waals surface area contributed by atoms with E-state index in [2.05, 4.69) is 15.5 Å². The van der Waals surface area contributed by atoms with Gasteiger partial charge in [0.2, 0.25) is 0 Å². The van der Waals surface area contributed by atoms with Crippen LogP contribution in [-0.4, -0.2) is 11.1 Å². The van der Waals surface area contributed by atoms with Gasteiger partial charge in [-0.25, -0.2) is 4.98 Å². The van der Waals surface area contributed by atoms with Gasteiger partial charge in [0.1, 0.15) is 23.6 Å². The average Bonchev–Trinajstić information content (AvgIpc) is 2.95. The van der Waals surface area contributed by atoms with Gasteiger partial charge in [0.05, 0.1) is 5.02 Å². The van der Waals surface area contributed by atoms with Crippen molar-refractivity contribution in [3.63, 3.8) is 0 Å². The van der Waals surface area contributed by atoms with E-state index in [0.29, 0.717) is 34.1 Å². The van der Waals surface area contributed by atoms with Gasteiger partial charge >= 0.3 is 0 Å². The number of rotatable bonds is 4. The average molecular weight is 329 g/mol. The minimum Gasteiger partial charge on any atom is -0.360 e. The minimum absolute atomic E-state index is 0.254. The number of carbonyl (C=O) groups is 1. The van der Waals surface area contributed by atoms with Crippen molar-refractivity contribution < 1.29 is 14.3 Å². The normalized spacial score (nSPS) is 10.5. The highest BCUT2D eigenvalue weighted by Gasteiger charge is 2.23. The fraction of sp³-hybridized carbons (Fsp3) is 0.118. The summed E-state index contributed by atoms with van der Waals surface area (Å²) < 4.78 is 5.20. The van der Waals surface area contributed by atoms with Gasteiger partial charge in [0, 0.05) is 17.7 Å². The van der Waals surface area contributed by atoms with Crippen LogP contribution < -0.4 is 10.3 Å². The number of nitrogens with one attached hydrogen (secondary N) is 2. The van der Waals surface area contributed by atoms with Crippen molar-refractivity contribution in [2.75, 3.05) is 0 Å². The maximum absolute atomic E-state index is 12.5. The van der Waals surface area contributed by atoms with E-state index in [-0.39, 0.29) is 5.91 Å². The third-order valence-corrected chi connectivity index (χ3v) is 3.76. The number of amides is 1. The van der Waals surface area contributed by atoms with Crippen molar-refractivity contribution in [2.45, 2.75) is 13.5 Å². The fourth-order valence-electron chi connectivity index (χ4n) is 2.28. The van der Waals surface area contributed by atoms with E-state index in [4.69, 9.17) is 16.1 Å². The molecule has 0 spiro atoms. The second-order valence-electron chi connectivity index (χ2n) is 5.01. The molecule has 0 bridgehead atoms. The maximum Gasteiger partial charge on any atom is 0.257 e. The van der Waals surface area contributed by atoms with Gasteiger partial charge in [-0.15, -0.1) is 0 Å². The number of H-pyrrole nitrogens is 1. The summed E-state index contributed by atoms with van der Waals surface area (Å²) in [5.74, 6) is 0.199. The Morgan fingerprint density at radius 3 is 2.78 bits per heavy atom. The lowest BCUT2D eigenvalue weighted by Gasteiger charge is -2.05. The lowest BCUT2D eigenvalue weighted by atomic mass is 10.1. The van der Waals surface area contributed by atoms with Gasteiger partial charge in [-0.2, -0.15) is 0 Å². The van der Waals surface area contributed by atoms with Gasteiger partial charge < -0.3 is 9.84 Å². The summed E-state index contributed by atoms with van der Waals surface area (Å²) in [7, 11) is 0. The SMILES string of the molecule is Cc1onc(-c2ccccc2Cl)c1C(=O)NCc1cccc[nH+]1. The van der Waals surface area contributed by atoms with Gasteiger partial charge in [0.15, 0.2) is 11.9 Å². The Morgan fingerprint density at radius 1 is 1.26 bits per heavy atom. The van der Waals surface area contributed by atoms with E-state index in [9.17, 15) is 4.79 Å². The molecule has 0 aliphatic heterocycles. The topological polar surface area (TPSA) is 69.3 Å². The molecule has 1 amide bonds. The number of benzene rings is 1. The smallest absolute Gasteiger partial charge is 0.257 e. The molecular weight excluding hydrogens is 314 g/mol. The van der Waals surface area contributed by atoms with E-state index in [1.807, 2.05) is 30.3 Å². The van der Waals surface area contributed by atoms with Crippen LogP contribution in [0.1, 0.15) is 21.8 Å². The summed E-state index contributed by atoms with van der Waals surface area (Å²) in [6, 6.07) is 12.9. The molecule has 116 valence electrons. The zero-order valence-corrected chi connectivity index (χ0v) is 13.2. The number of nitrogens with zero attached hydrogens (tertiary/aromatic N) is 1. The van der Waals surface area contributed by atoms with Crippen molar-refractivity contribution >= 4 is 17.5 Å². The first kappa shape index (κ1) is 15.2. The number of hydrogen-bond donors (Lipinski definition) is 1. The van der Waals surface area contributed by atoms with Crippen molar-refractivity contribution in [2.24, 2.45) is 0 Å². The largest absolute Gasteiger partial charge is 0.360 e. The number of hydrogen-bond acceptors (Lipinski definition) is 3. The molecule has 5 nitrogen and oxygen atoms in total. The standard InChI is InChI=1S/C17H14ClN3O2/c1-11-15(17(22)20-10-12-6-4-5-9-19-12)16(21-23-11)13-7-2-3-8-14(13)18/h2-9H,10H2,1H3,(H,20,22)/p+1. The second kappa shape index (κ2) is 6.62. The molecule has 3 rings (SSSR count). The second-order valence-corrected chi connectivity index (χ2v) is 5.42. The van der Waals surface area contributed by atoms with Crippen LogP contribution in [0.2, 0.25) is 5.02 Å². The summed E-state index contributed by atoms with van der Waals surface area (Å²) in [5.41, 5.74) is 2.41. The first-order valence-electron chi connectivity index (χ1n) is 7.12. The van der Waals surface area contributed by atoms with E-state index in [0.717, 1.165) is 5.69 Å². The Hall–Kier alpha value is -2.66. The van der Waals surface area contributed by atoms with Gasteiger partial charge in [0.25, 0.3) is 5.91 Å². The molecule has 2 heterocycles. The Labute approximate surface area is 138 Å². The minimum atomic E-state index is -0.254. The van der Waals surface area contributed by atoms with Gasteiger partial charge in [-0.3, -0.25) is 4.79 Å². The third-order valence-electron chi connectivity index (χ3n) is 3.43. The molecule has 0 fully saturated rings. The van der Waals surface area contributed by atoms with Crippen molar-refractivity contribution in [3.8, 4) is 11.3 Å². The van der Waals surface area contributed by atoms with Gasteiger partial charge in [-0.1, -0.05) is 41.0 Å². The first-order valence-corrected chi connectivity index (χ1v) is 7.49. The fourth-order valence-corrected chi connectivity index (χ4v) is 2.51. The highest BCUT2D eigenvalue weighted by Crippen LogP contribution is 2.30. The Balaban J connectivity index is 1.87. The lowest BCUT2D eigenvalue weighted by molar-refractivity contribution is -0.390. The summed E-state index contributed by atoms with van der Waals surface area (Å²) in [4.78, 5) is 15.6. The van der Waals surface area contributed by atoms with Crippen molar-refractivity contribution in [1.82, 2.24) is 10.5 Å².